The highest BCUT2D eigenvalue weighted by Gasteiger charge is 2.50. The largest absolute Gasteiger partial charge is 0.386 e. The number of nitrogens with two attached hydrogens (primary N) is 1. The number of amidine groups is 1. The maximum Gasteiger partial charge on any atom is 0.226 e. The minimum atomic E-state index is -3.76. The molecule has 0 saturated carbocycles. The van der Waals surface area contributed by atoms with Crippen LogP contribution in [0.3, 0.4) is 0 Å². The number of hydrogen-bond acceptors (Lipinski definition) is 7. The van der Waals surface area contributed by atoms with Crippen molar-refractivity contribution in [2.75, 3.05) is 18.9 Å². The van der Waals surface area contributed by atoms with Crippen LogP contribution in [0.2, 0.25) is 0 Å². The van der Waals surface area contributed by atoms with Gasteiger partial charge in [-0.25, -0.2) is 22.1 Å². The Bertz CT molecular complexity index is 1320. The van der Waals surface area contributed by atoms with Gasteiger partial charge in [0.2, 0.25) is 10.0 Å². The minimum absolute atomic E-state index is 0.000764. The molecule has 2 aliphatic rings. The Balaban J connectivity index is 1.68. The number of pyridine rings is 2. The predicted octanol–water partition coefficient (Wildman–Crippen LogP) is 3.73. The molecule has 0 fully saturated rings. The second kappa shape index (κ2) is 8.14. The van der Waals surface area contributed by atoms with E-state index >= 15 is 4.39 Å². The third kappa shape index (κ3) is 4.06. The van der Waals surface area contributed by atoms with Crippen LogP contribution in [0.25, 0.3) is 10.9 Å². The molecule has 0 aromatic carbocycles. The van der Waals surface area contributed by atoms with Crippen LogP contribution in [-0.2, 0) is 10.0 Å². The summed E-state index contributed by atoms with van der Waals surface area (Å²) in [5, 5.41) is 4.17. The smallest absolute Gasteiger partial charge is 0.226 e. The molecule has 176 valence electrons. The van der Waals surface area contributed by atoms with Gasteiger partial charge in [-0.2, -0.15) is 0 Å². The molecule has 0 bridgehead atoms. The van der Waals surface area contributed by atoms with Crippen LogP contribution in [0.4, 0.5) is 10.2 Å². The van der Waals surface area contributed by atoms with Gasteiger partial charge in [0, 0.05) is 47.5 Å². The maximum absolute atomic E-state index is 15.1. The summed E-state index contributed by atoms with van der Waals surface area (Å²) < 4.78 is 41.8. The third-order valence-electron chi connectivity index (χ3n) is 6.39. The first-order chi connectivity index (χ1) is 15.3. The molecule has 1 aliphatic heterocycles. The van der Waals surface area contributed by atoms with Gasteiger partial charge in [0.1, 0.15) is 21.9 Å². The molecule has 2 aromatic rings. The Labute approximate surface area is 201 Å². The van der Waals surface area contributed by atoms with Gasteiger partial charge < -0.3 is 11.1 Å². The van der Waals surface area contributed by atoms with Crippen molar-refractivity contribution in [1.82, 2.24) is 14.3 Å². The Morgan fingerprint density at radius 1 is 1.27 bits per heavy atom. The number of likely N-dealkylation sites (N-methyl/N-ethyl adjacent to an activating group) is 1. The molecule has 0 spiro atoms. The summed E-state index contributed by atoms with van der Waals surface area (Å²) in [6.45, 7) is 4.77. The first-order valence-electron chi connectivity index (χ1n) is 10.4. The molecule has 1 unspecified atom stereocenters. The number of hydrogen-bond donors (Lipinski definition) is 2. The number of sulfonamides is 1. The number of nitrogens with zero attached hydrogens (tertiary/aromatic N) is 4. The van der Waals surface area contributed by atoms with E-state index in [4.69, 9.17) is 5.73 Å². The Morgan fingerprint density at radius 2 is 2.00 bits per heavy atom. The summed E-state index contributed by atoms with van der Waals surface area (Å²) in [6, 6.07) is 3.80. The molecule has 11 heteroatoms. The van der Waals surface area contributed by atoms with Crippen molar-refractivity contribution >= 4 is 48.5 Å². The quantitative estimate of drug-likeness (QED) is 0.617. The van der Waals surface area contributed by atoms with Gasteiger partial charge in [0.25, 0.3) is 0 Å². The second-order valence-corrected chi connectivity index (χ2v) is 12.6. The zero-order valence-electron chi connectivity index (χ0n) is 18.8. The van der Waals surface area contributed by atoms with Crippen LogP contribution < -0.4 is 11.1 Å². The third-order valence-corrected chi connectivity index (χ3v) is 9.27. The molecule has 0 radical (unpaired) electrons. The summed E-state index contributed by atoms with van der Waals surface area (Å²) in [5.74, 6) is -0.572. The van der Waals surface area contributed by atoms with E-state index in [1.807, 2.05) is 12.1 Å². The number of nitrogens with one attached hydrogen (secondary N) is 1. The van der Waals surface area contributed by atoms with Gasteiger partial charge in [-0.3, -0.25) is 9.98 Å². The summed E-state index contributed by atoms with van der Waals surface area (Å²) in [6.07, 6.45) is 6.67. The summed E-state index contributed by atoms with van der Waals surface area (Å²) in [5.41, 5.74) is 6.46. The van der Waals surface area contributed by atoms with E-state index in [-0.39, 0.29) is 24.6 Å². The van der Waals surface area contributed by atoms with Crippen molar-refractivity contribution in [3.8, 4) is 0 Å². The molecule has 3 N–H and O–H groups in total. The van der Waals surface area contributed by atoms with E-state index in [0.29, 0.717) is 11.3 Å². The number of halogens is 2. The molecule has 0 amide bonds. The van der Waals surface area contributed by atoms with Crippen LogP contribution in [-0.4, -0.2) is 52.4 Å². The Kier molecular flexibility index (Phi) is 5.86. The van der Waals surface area contributed by atoms with Gasteiger partial charge in [-0.15, -0.1) is 0 Å². The fourth-order valence-electron chi connectivity index (χ4n) is 4.26. The van der Waals surface area contributed by atoms with E-state index in [2.05, 4.69) is 36.2 Å². The lowest BCUT2D eigenvalue weighted by Crippen LogP contribution is -2.50. The zero-order chi connectivity index (χ0) is 24.2. The molecule has 33 heavy (non-hydrogen) atoms. The molecule has 4 rings (SSSR count). The van der Waals surface area contributed by atoms with E-state index in [0.717, 1.165) is 15.6 Å². The normalized spacial score (nSPS) is 27.3. The van der Waals surface area contributed by atoms with Crippen molar-refractivity contribution in [3.05, 3.63) is 52.7 Å². The Morgan fingerprint density at radius 3 is 2.73 bits per heavy atom. The topological polar surface area (TPSA) is 114 Å². The average molecular weight is 537 g/mol. The molecule has 8 nitrogen and oxygen atoms in total. The van der Waals surface area contributed by atoms with Crippen LogP contribution in [0.15, 0.2) is 57.7 Å². The van der Waals surface area contributed by atoms with E-state index in [9.17, 15) is 8.42 Å². The standard InChI is InChI=1S/C22H26BrFN6O2S/c1-21(2)20(25)29-22(3,12-30(4)33(21,31)32)16-10-15(5-6-17(16)24)28-19-18-13(7-8-26-19)9-14(23)11-27-18/h5-9,11,16H,10,12H2,1-4H3,(H2,25,29)(H,26,28)/t16?,22-/m0/s1. The summed E-state index contributed by atoms with van der Waals surface area (Å²) in [7, 11) is -2.28. The molecule has 3 heterocycles. The predicted molar refractivity (Wildman–Crippen MR) is 132 cm³/mol. The maximum atomic E-state index is 15.1. The highest BCUT2D eigenvalue weighted by atomic mass is 79.9. The monoisotopic (exact) mass is 536 g/mol. The van der Waals surface area contributed by atoms with Crippen molar-refractivity contribution in [2.24, 2.45) is 16.6 Å². The number of aromatic nitrogens is 2. The van der Waals surface area contributed by atoms with Gasteiger partial charge >= 0.3 is 0 Å². The summed E-state index contributed by atoms with van der Waals surface area (Å²) in [4.78, 5) is 13.4. The fraction of sp³-hybridized carbons (Fsp3) is 0.409. The molecule has 2 atom stereocenters. The molecular weight excluding hydrogens is 511 g/mol. The number of rotatable bonds is 3. The zero-order valence-corrected chi connectivity index (χ0v) is 21.2. The lowest BCUT2D eigenvalue weighted by atomic mass is 9.79. The van der Waals surface area contributed by atoms with E-state index in [1.165, 1.54) is 31.3 Å². The highest BCUT2D eigenvalue weighted by molar-refractivity contribution is 9.10. The number of fused-ring (bicyclic) bond motifs is 1. The average Bonchev–Trinajstić information content (AvgIpc) is 2.78. The number of allylic oxidation sites excluding steroid dienone is 3. The van der Waals surface area contributed by atoms with Crippen molar-refractivity contribution < 1.29 is 12.8 Å². The fourth-order valence-corrected chi connectivity index (χ4v) is 6.13. The van der Waals surface area contributed by atoms with Crippen LogP contribution >= 0.6 is 15.9 Å². The second-order valence-electron chi connectivity index (χ2n) is 9.14. The summed E-state index contributed by atoms with van der Waals surface area (Å²) >= 11 is 3.42. The molecular formula is C22H26BrFN6O2S. The van der Waals surface area contributed by atoms with Crippen molar-refractivity contribution in [2.45, 2.75) is 37.5 Å². The van der Waals surface area contributed by atoms with Gasteiger partial charge in [0.15, 0.2) is 5.82 Å². The van der Waals surface area contributed by atoms with Gasteiger partial charge in [0.05, 0.1) is 5.54 Å². The van der Waals surface area contributed by atoms with Gasteiger partial charge in [-0.1, -0.05) is 0 Å². The SMILES string of the molecule is CN1C[C@@](C)(C2CC(Nc3nccc4cc(Br)cnc34)=CC=C2F)N=C(N)C(C)(C)S1(=O)=O. The number of aliphatic imine (C=N–C) groups is 1. The van der Waals surface area contributed by atoms with Crippen LogP contribution in [0, 0.1) is 5.92 Å². The van der Waals surface area contributed by atoms with Crippen molar-refractivity contribution in [1.29, 1.82) is 0 Å². The van der Waals surface area contributed by atoms with Crippen LogP contribution in [0.1, 0.15) is 27.2 Å². The van der Waals surface area contributed by atoms with E-state index in [1.54, 1.807) is 25.4 Å². The molecule has 0 saturated heterocycles. The number of anilines is 1. The lowest BCUT2D eigenvalue weighted by Gasteiger charge is -2.36. The molecule has 2 aromatic heterocycles. The highest BCUT2D eigenvalue weighted by Crippen LogP contribution is 2.41. The first kappa shape index (κ1) is 23.8. The lowest BCUT2D eigenvalue weighted by molar-refractivity contribution is 0.249. The van der Waals surface area contributed by atoms with Crippen LogP contribution in [0.5, 0.6) is 0 Å². The first-order valence-corrected chi connectivity index (χ1v) is 12.6. The molecule has 1 aliphatic carbocycles. The van der Waals surface area contributed by atoms with E-state index < -0.39 is 26.2 Å². The minimum Gasteiger partial charge on any atom is -0.386 e. The van der Waals surface area contributed by atoms with Gasteiger partial charge in [-0.05, 0) is 67.4 Å². The van der Waals surface area contributed by atoms with Crippen molar-refractivity contribution in [3.63, 3.8) is 0 Å². The Hall–Kier alpha value is -2.37.